The SMILES string of the molecule is COc1cc(-c2c(-c3ccoc3)nn(C)c2N)ccc1C. The van der Waals surface area contributed by atoms with Gasteiger partial charge in [0.2, 0.25) is 0 Å². The molecule has 2 heterocycles. The van der Waals surface area contributed by atoms with Gasteiger partial charge in [-0.25, -0.2) is 0 Å². The average Bonchev–Trinajstić information content (AvgIpc) is 3.09. The molecule has 0 unspecified atom stereocenters. The minimum atomic E-state index is 0.608. The van der Waals surface area contributed by atoms with Gasteiger partial charge >= 0.3 is 0 Å². The molecule has 1 aromatic carbocycles. The summed E-state index contributed by atoms with van der Waals surface area (Å²) in [4.78, 5) is 0. The van der Waals surface area contributed by atoms with Gasteiger partial charge in [0.05, 0.1) is 25.2 Å². The summed E-state index contributed by atoms with van der Waals surface area (Å²) in [6.45, 7) is 2.01. The lowest BCUT2D eigenvalue weighted by Crippen LogP contribution is -1.98. The molecule has 0 saturated carbocycles. The Balaban J connectivity index is 2.23. The third-order valence-corrected chi connectivity index (χ3v) is 3.58. The Bertz CT molecular complexity index is 773. The second-order valence-electron chi connectivity index (χ2n) is 4.93. The number of nitrogens with zero attached hydrogens (tertiary/aromatic N) is 2. The molecule has 0 aliphatic heterocycles. The van der Waals surface area contributed by atoms with Crippen molar-refractivity contribution in [2.45, 2.75) is 6.92 Å². The highest BCUT2D eigenvalue weighted by molar-refractivity contribution is 5.88. The molecule has 21 heavy (non-hydrogen) atoms. The van der Waals surface area contributed by atoms with E-state index in [1.165, 1.54) is 0 Å². The number of aryl methyl sites for hydroxylation is 2. The minimum Gasteiger partial charge on any atom is -0.496 e. The molecule has 2 N–H and O–H groups in total. The number of hydrogen-bond donors (Lipinski definition) is 1. The molecule has 108 valence electrons. The molecule has 5 heteroatoms. The van der Waals surface area contributed by atoms with Crippen LogP contribution in [-0.4, -0.2) is 16.9 Å². The zero-order valence-corrected chi connectivity index (χ0v) is 12.3. The maximum atomic E-state index is 6.20. The van der Waals surface area contributed by atoms with E-state index in [1.54, 1.807) is 24.3 Å². The maximum absolute atomic E-state index is 6.20. The number of nitrogens with two attached hydrogens (primary N) is 1. The van der Waals surface area contributed by atoms with Crippen molar-refractivity contribution in [2.75, 3.05) is 12.8 Å². The van der Waals surface area contributed by atoms with E-state index < -0.39 is 0 Å². The summed E-state index contributed by atoms with van der Waals surface area (Å²) in [5, 5.41) is 4.50. The molecule has 0 aliphatic carbocycles. The molecular formula is C16H17N3O2. The molecular weight excluding hydrogens is 266 g/mol. The summed E-state index contributed by atoms with van der Waals surface area (Å²) in [6, 6.07) is 7.89. The van der Waals surface area contributed by atoms with E-state index in [0.717, 1.165) is 33.7 Å². The van der Waals surface area contributed by atoms with Crippen molar-refractivity contribution in [1.82, 2.24) is 9.78 Å². The van der Waals surface area contributed by atoms with Gasteiger partial charge in [-0.05, 0) is 30.2 Å². The van der Waals surface area contributed by atoms with Crippen LogP contribution in [0.5, 0.6) is 5.75 Å². The van der Waals surface area contributed by atoms with Crippen LogP contribution in [0.2, 0.25) is 0 Å². The number of anilines is 1. The van der Waals surface area contributed by atoms with E-state index in [4.69, 9.17) is 14.9 Å². The van der Waals surface area contributed by atoms with Gasteiger partial charge in [0, 0.05) is 12.6 Å². The lowest BCUT2D eigenvalue weighted by Gasteiger charge is -2.08. The van der Waals surface area contributed by atoms with E-state index in [1.807, 2.05) is 38.2 Å². The number of methoxy groups -OCH3 is 1. The number of benzene rings is 1. The van der Waals surface area contributed by atoms with Gasteiger partial charge in [0.15, 0.2) is 0 Å². The summed E-state index contributed by atoms with van der Waals surface area (Å²) in [7, 11) is 3.49. The molecule has 3 rings (SSSR count). The summed E-state index contributed by atoms with van der Waals surface area (Å²) in [5.74, 6) is 1.44. The van der Waals surface area contributed by atoms with Crippen molar-refractivity contribution < 1.29 is 9.15 Å². The molecule has 2 aromatic heterocycles. The highest BCUT2D eigenvalue weighted by atomic mass is 16.5. The summed E-state index contributed by atoms with van der Waals surface area (Å²) >= 11 is 0. The predicted molar refractivity (Wildman–Crippen MR) is 82.0 cm³/mol. The average molecular weight is 283 g/mol. The van der Waals surface area contributed by atoms with Crippen LogP contribution in [-0.2, 0) is 7.05 Å². The monoisotopic (exact) mass is 283 g/mol. The molecule has 0 fully saturated rings. The molecule has 3 aromatic rings. The third-order valence-electron chi connectivity index (χ3n) is 3.58. The first-order chi connectivity index (χ1) is 10.1. The molecule has 0 amide bonds. The van der Waals surface area contributed by atoms with Crippen LogP contribution in [0.15, 0.2) is 41.2 Å². The van der Waals surface area contributed by atoms with Gasteiger partial charge < -0.3 is 14.9 Å². The van der Waals surface area contributed by atoms with Gasteiger partial charge in [-0.15, -0.1) is 0 Å². The van der Waals surface area contributed by atoms with E-state index in [0.29, 0.717) is 5.82 Å². The molecule has 0 bridgehead atoms. The van der Waals surface area contributed by atoms with Crippen LogP contribution >= 0.6 is 0 Å². The van der Waals surface area contributed by atoms with Crippen molar-refractivity contribution in [2.24, 2.45) is 7.05 Å². The third kappa shape index (κ3) is 2.16. The largest absolute Gasteiger partial charge is 0.496 e. The summed E-state index contributed by atoms with van der Waals surface area (Å²) < 4.78 is 12.2. The van der Waals surface area contributed by atoms with Crippen LogP contribution in [0, 0.1) is 6.92 Å². The first-order valence-electron chi connectivity index (χ1n) is 6.62. The van der Waals surface area contributed by atoms with Gasteiger partial charge in [-0.3, -0.25) is 4.68 Å². The molecule has 0 spiro atoms. The highest BCUT2D eigenvalue weighted by Crippen LogP contribution is 2.37. The van der Waals surface area contributed by atoms with Crippen molar-refractivity contribution in [3.63, 3.8) is 0 Å². The summed E-state index contributed by atoms with van der Waals surface area (Å²) in [6.07, 6.45) is 3.29. The van der Waals surface area contributed by atoms with E-state index in [9.17, 15) is 0 Å². The Morgan fingerprint density at radius 2 is 2.05 bits per heavy atom. The number of ether oxygens (including phenoxy) is 1. The Kier molecular flexibility index (Phi) is 3.17. The van der Waals surface area contributed by atoms with Crippen molar-refractivity contribution in [3.8, 4) is 28.1 Å². The second-order valence-corrected chi connectivity index (χ2v) is 4.93. The van der Waals surface area contributed by atoms with Gasteiger partial charge in [0.25, 0.3) is 0 Å². The fraction of sp³-hybridized carbons (Fsp3) is 0.188. The van der Waals surface area contributed by atoms with Gasteiger partial charge in [-0.2, -0.15) is 5.10 Å². The van der Waals surface area contributed by atoms with Crippen LogP contribution < -0.4 is 10.5 Å². The van der Waals surface area contributed by atoms with Crippen molar-refractivity contribution >= 4 is 5.82 Å². The van der Waals surface area contributed by atoms with E-state index >= 15 is 0 Å². The summed E-state index contributed by atoms with van der Waals surface area (Å²) in [5.41, 5.74) is 10.8. The fourth-order valence-corrected chi connectivity index (χ4v) is 2.40. The Labute approximate surface area is 122 Å². The van der Waals surface area contributed by atoms with Crippen molar-refractivity contribution in [3.05, 3.63) is 42.4 Å². The number of rotatable bonds is 3. The number of furan rings is 1. The van der Waals surface area contributed by atoms with Gasteiger partial charge in [-0.1, -0.05) is 12.1 Å². The Morgan fingerprint density at radius 1 is 1.24 bits per heavy atom. The van der Waals surface area contributed by atoms with Crippen molar-refractivity contribution in [1.29, 1.82) is 0 Å². The molecule has 0 radical (unpaired) electrons. The lowest BCUT2D eigenvalue weighted by molar-refractivity contribution is 0.412. The van der Waals surface area contributed by atoms with Crippen LogP contribution in [0.1, 0.15) is 5.56 Å². The molecule has 0 atom stereocenters. The standard InChI is InChI=1S/C16H17N3O2/c1-10-4-5-11(8-13(10)20-3)14-15(12-6-7-21-9-12)18-19(2)16(14)17/h4-9H,17H2,1-3H3. The number of aromatic nitrogens is 2. The van der Waals surface area contributed by atoms with E-state index in [-0.39, 0.29) is 0 Å². The molecule has 0 saturated heterocycles. The topological polar surface area (TPSA) is 66.2 Å². The Morgan fingerprint density at radius 3 is 2.71 bits per heavy atom. The van der Waals surface area contributed by atoms with Crippen LogP contribution in [0.3, 0.4) is 0 Å². The number of hydrogen-bond acceptors (Lipinski definition) is 4. The minimum absolute atomic E-state index is 0.608. The normalized spacial score (nSPS) is 10.8. The predicted octanol–water partition coefficient (Wildman–Crippen LogP) is 3.25. The molecule has 5 nitrogen and oxygen atoms in total. The van der Waals surface area contributed by atoms with Crippen LogP contribution in [0.4, 0.5) is 5.82 Å². The Hall–Kier alpha value is -2.69. The first-order valence-corrected chi connectivity index (χ1v) is 6.62. The van der Waals surface area contributed by atoms with Gasteiger partial charge in [0.1, 0.15) is 17.3 Å². The maximum Gasteiger partial charge on any atom is 0.129 e. The quantitative estimate of drug-likeness (QED) is 0.801. The van der Waals surface area contributed by atoms with Crippen LogP contribution in [0.25, 0.3) is 22.4 Å². The fourth-order valence-electron chi connectivity index (χ4n) is 2.40. The number of nitrogen functional groups attached to an aromatic ring is 1. The zero-order valence-electron chi connectivity index (χ0n) is 12.3. The highest BCUT2D eigenvalue weighted by Gasteiger charge is 2.18. The lowest BCUT2D eigenvalue weighted by atomic mass is 10.0. The zero-order chi connectivity index (χ0) is 15.0. The smallest absolute Gasteiger partial charge is 0.129 e. The van der Waals surface area contributed by atoms with E-state index in [2.05, 4.69) is 5.10 Å². The first kappa shape index (κ1) is 13.3. The molecule has 0 aliphatic rings. The second kappa shape index (κ2) is 5.01.